The second kappa shape index (κ2) is 45.7. The second-order valence-electron chi connectivity index (χ2n) is 19.8. The molecule has 1 rings (SSSR count). The Hall–Kier alpha value is -1.18. The van der Waals surface area contributed by atoms with Gasteiger partial charge in [0, 0.05) is 13.0 Å². The van der Waals surface area contributed by atoms with Crippen LogP contribution in [0, 0.1) is 0 Å². The maximum absolute atomic E-state index is 12.9. The number of carbonyl (C=O) groups excluding carboxylic acids is 1. The van der Waals surface area contributed by atoms with E-state index < -0.39 is 63.1 Å². The summed E-state index contributed by atoms with van der Waals surface area (Å²) in [6.45, 7) is 4.30. The number of rotatable bonds is 49. The molecule has 0 saturated heterocycles. The molecule has 0 aromatic rings. The van der Waals surface area contributed by atoms with Crippen LogP contribution < -0.4 is 0 Å². The highest BCUT2D eigenvalue weighted by Crippen LogP contribution is 2.47. The predicted molar refractivity (Wildman–Crippen MR) is 276 cm³/mol. The fraction of sp³-hybridized carbons (Fsp3) is 0.909. The highest BCUT2D eigenvalue weighted by molar-refractivity contribution is 7.47. The number of carbonyl (C=O) groups is 1. The Morgan fingerprint density at radius 2 is 0.779 bits per heavy atom. The van der Waals surface area contributed by atoms with Gasteiger partial charge in [0.25, 0.3) is 0 Å². The van der Waals surface area contributed by atoms with Crippen LogP contribution >= 0.6 is 7.82 Å². The average Bonchev–Trinajstić information content (AvgIpc) is 3.32. The van der Waals surface area contributed by atoms with Crippen LogP contribution in [0.1, 0.15) is 258 Å². The van der Waals surface area contributed by atoms with Gasteiger partial charge in [-0.25, -0.2) is 4.57 Å². The van der Waals surface area contributed by atoms with Crippen molar-refractivity contribution < 1.29 is 58.3 Å². The Kier molecular flexibility index (Phi) is 43.5. The minimum Gasteiger partial charge on any atom is -0.457 e. The van der Waals surface area contributed by atoms with Crippen molar-refractivity contribution in [2.45, 2.75) is 301 Å². The highest BCUT2D eigenvalue weighted by atomic mass is 31.2. The minimum absolute atomic E-state index is 0.0748. The van der Waals surface area contributed by atoms with Crippen molar-refractivity contribution in [2.75, 3.05) is 19.8 Å². The molecule has 1 fully saturated rings. The zero-order chi connectivity index (χ0) is 49.8. The number of esters is 1. The molecule has 0 aromatic carbocycles. The molecule has 402 valence electrons. The largest absolute Gasteiger partial charge is 0.472 e. The lowest BCUT2D eigenvalue weighted by molar-refractivity contribution is -0.220. The molecule has 13 heteroatoms. The molecule has 12 nitrogen and oxygen atoms in total. The van der Waals surface area contributed by atoms with Crippen molar-refractivity contribution >= 4 is 13.8 Å². The SMILES string of the molecule is CCCCCCCC/C=C\CCCCCCCCCCCC(=O)OC(COCCCCCCCCCCCC/C=C\CCCCCCCCCC)COP(=O)(O)OC1C(O)C(O)C(O)C(O)C1O. The highest BCUT2D eigenvalue weighted by Gasteiger charge is 2.51. The van der Waals surface area contributed by atoms with Gasteiger partial charge in [0.15, 0.2) is 0 Å². The van der Waals surface area contributed by atoms with E-state index in [0.29, 0.717) is 13.0 Å². The lowest BCUT2D eigenvalue weighted by atomic mass is 9.85. The lowest BCUT2D eigenvalue weighted by Crippen LogP contribution is -2.64. The first-order valence-corrected chi connectivity index (χ1v) is 29.7. The molecule has 0 heterocycles. The van der Waals surface area contributed by atoms with Gasteiger partial charge in [-0.3, -0.25) is 13.8 Å². The number of unbranched alkanes of at least 4 members (excludes halogenated alkanes) is 33. The van der Waals surface area contributed by atoms with Crippen LogP contribution in [0.2, 0.25) is 0 Å². The molecule has 1 aliphatic rings. The summed E-state index contributed by atoms with van der Waals surface area (Å²) in [5, 5.41) is 50.4. The molecule has 0 bridgehead atoms. The quantitative estimate of drug-likeness (QED) is 0.0146. The zero-order valence-electron chi connectivity index (χ0n) is 43.4. The van der Waals surface area contributed by atoms with Gasteiger partial charge in [0.05, 0.1) is 13.2 Å². The van der Waals surface area contributed by atoms with Crippen LogP contribution in [-0.4, -0.2) is 98.9 Å². The summed E-state index contributed by atoms with van der Waals surface area (Å²) in [6.07, 6.45) is 42.4. The van der Waals surface area contributed by atoms with Crippen LogP contribution in [0.5, 0.6) is 0 Å². The molecule has 0 aliphatic heterocycles. The van der Waals surface area contributed by atoms with Gasteiger partial charge < -0.3 is 39.9 Å². The van der Waals surface area contributed by atoms with Gasteiger partial charge in [0.1, 0.15) is 42.7 Å². The summed E-state index contributed by atoms with van der Waals surface area (Å²) in [4.78, 5) is 23.3. The first kappa shape index (κ1) is 64.8. The van der Waals surface area contributed by atoms with Crippen molar-refractivity contribution in [3.8, 4) is 0 Å². The third-order valence-electron chi connectivity index (χ3n) is 13.3. The first-order valence-electron chi connectivity index (χ1n) is 28.2. The molecule has 6 N–H and O–H groups in total. The van der Waals surface area contributed by atoms with E-state index in [4.69, 9.17) is 18.5 Å². The summed E-state index contributed by atoms with van der Waals surface area (Å²) in [5.74, 6) is -0.476. The van der Waals surface area contributed by atoms with Crippen molar-refractivity contribution in [2.24, 2.45) is 0 Å². The molecule has 1 saturated carbocycles. The lowest BCUT2D eigenvalue weighted by Gasteiger charge is -2.41. The Labute approximate surface area is 415 Å². The predicted octanol–water partition coefficient (Wildman–Crippen LogP) is 13.2. The fourth-order valence-corrected chi connectivity index (χ4v) is 9.79. The van der Waals surface area contributed by atoms with Crippen molar-refractivity contribution in [3.63, 3.8) is 0 Å². The van der Waals surface area contributed by atoms with E-state index in [-0.39, 0.29) is 13.0 Å². The molecule has 68 heavy (non-hydrogen) atoms. The summed E-state index contributed by atoms with van der Waals surface area (Å²) < 4.78 is 34.4. The average molecular weight is 989 g/mol. The number of allylic oxidation sites excluding steroid dienone is 4. The molecule has 0 radical (unpaired) electrons. The smallest absolute Gasteiger partial charge is 0.457 e. The Bertz CT molecular complexity index is 1220. The Morgan fingerprint density at radius 3 is 1.16 bits per heavy atom. The van der Waals surface area contributed by atoms with E-state index in [1.54, 1.807) is 0 Å². The molecule has 6 unspecified atom stereocenters. The van der Waals surface area contributed by atoms with Crippen LogP contribution in [0.4, 0.5) is 0 Å². The first-order chi connectivity index (χ1) is 33.0. The Balaban J connectivity index is 2.29. The summed E-state index contributed by atoms with van der Waals surface area (Å²) in [7, 11) is -5.02. The van der Waals surface area contributed by atoms with Gasteiger partial charge >= 0.3 is 13.8 Å². The van der Waals surface area contributed by atoms with Crippen molar-refractivity contribution in [3.05, 3.63) is 24.3 Å². The zero-order valence-corrected chi connectivity index (χ0v) is 44.3. The maximum Gasteiger partial charge on any atom is 0.472 e. The van der Waals surface area contributed by atoms with E-state index in [0.717, 1.165) is 38.5 Å². The van der Waals surface area contributed by atoms with Crippen LogP contribution in [0.3, 0.4) is 0 Å². The van der Waals surface area contributed by atoms with Crippen molar-refractivity contribution in [1.29, 1.82) is 0 Å². The number of aliphatic hydroxyl groups is 5. The topological polar surface area (TPSA) is 192 Å². The van der Waals surface area contributed by atoms with Gasteiger partial charge in [-0.15, -0.1) is 0 Å². The minimum atomic E-state index is -5.02. The van der Waals surface area contributed by atoms with E-state index in [2.05, 4.69) is 38.2 Å². The standard InChI is InChI=1S/C55H105O12P/c1-3-5-7-9-11-13-15-17-19-21-23-24-25-27-29-31-33-35-37-39-41-43-45-64-46-48(47-65-68(62,63)67-55-53(60)51(58)50(57)52(59)54(55)61)66-49(56)44-42-40-38-36-34-32-30-28-26-22-20-18-16-14-12-10-8-6-4-2/h18,20-21,23,48,50-55,57-61H,3-17,19,22,24-47H2,1-2H3,(H,62,63)/b20-18-,23-21-. The molecule has 0 aromatic heterocycles. The van der Waals surface area contributed by atoms with Gasteiger partial charge in [-0.05, 0) is 64.2 Å². The molecule has 0 amide bonds. The van der Waals surface area contributed by atoms with Crippen molar-refractivity contribution in [1.82, 2.24) is 0 Å². The van der Waals surface area contributed by atoms with Crippen LogP contribution in [0.25, 0.3) is 0 Å². The summed E-state index contributed by atoms with van der Waals surface area (Å²) in [5.41, 5.74) is 0. The number of phosphoric ester groups is 1. The third kappa shape index (κ3) is 36.7. The van der Waals surface area contributed by atoms with Crippen LogP contribution in [0.15, 0.2) is 24.3 Å². The monoisotopic (exact) mass is 989 g/mol. The molecular weight excluding hydrogens is 884 g/mol. The van der Waals surface area contributed by atoms with Gasteiger partial charge in [0.2, 0.25) is 0 Å². The normalized spacial score (nSPS) is 21.2. The van der Waals surface area contributed by atoms with E-state index >= 15 is 0 Å². The third-order valence-corrected chi connectivity index (χ3v) is 14.3. The number of hydrogen-bond acceptors (Lipinski definition) is 11. The number of hydrogen-bond donors (Lipinski definition) is 6. The maximum atomic E-state index is 12.9. The summed E-state index contributed by atoms with van der Waals surface area (Å²) >= 11 is 0. The van der Waals surface area contributed by atoms with Crippen LogP contribution in [-0.2, 0) is 27.9 Å². The number of aliphatic hydroxyl groups excluding tert-OH is 5. The molecule has 1 aliphatic carbocycles. The van der Waals surface area contributed by atoms with E-state index in [1.807, 2.05) is 0 Å². The van der Waals surface area contributed by atoms with Gasteiger partial charge in [-0.1, -0.05) is 212 Å². The molecular formula is C55H105O12P. The number of ether oxygens (including phenoxy) is 2. The Morgan fingerprint density at radius 1 is 0.456 bits per heavy atom. The van der Waals surface area contributed by atoms with E-state index in [1.165, 1.54) is 193 Å². The fourth-order valence-electron chi connectivity index (χ4n) is 8.82. The number of phosphoric acid groups is 1. The van der Waals surface area contributed by atoms with Gasteiger partial charge in [-0.2, -0.15) is 0 Å². The second-order valence-corrected chi connectivity index (χ2v) is 21.2. The molecule has 6 atom stereocenters. The molecule has 0 spiro atoms. The van der Waals surface area contributed by atoms with E-state index in [9.17, 15) is 39.8 Å². The summed E-state index contributed by atoms with van der Waals surface area (Å²) in [6, 6.07) is 0.